The van der Waals surface area contributed by atoms with Crippen LogP contribution in [0.15, 0.2) is 0 Å². The van der Waals surface area contributed by atoms with E-state index in [1.54, 1.807) is 0 Å². The molecule has 0 aromatic rings. The monoisotopic (exact) mass is 399 g/mol. The minimum absolute atomic E-state index is 0.453. The number of nitrogens with one attached hydrogen (secondary N) is 1. The maximum absolute atomic E-state index is 11.3. The van der Waals surface area contributed by atoms with Crippen LogP contribution in [0.5, 0.6) is 0 Å². The standard InChI is InChI=1S/C14H25NO10S/c1-4(18)15-7-9(20)12(6(3-17)24-14(7)26)25-13-11(22)10(21)8(19)5(2-16)23-13/h5-14,16-17,19-22,26H,2-3H2,1H3,(H,15,18)/t5?,6?,7?,8-,9?,10?,11?,12+,13?,14?/m0/s1. The van der Waals surface area contributed by atoms with Crippen molar-refractivity contribution in [2.24, 2.45) is 0 Å². The molecule has 0 aliphatic carbocycles. The summed E-state index contributed by atoms with van der Waals surface area (Å²) in [7, 11) is 0. The molecule has 2 aliphatic rings. The van der Waals surface area contributed by atoms with Gasteiger partial charge in [-0.25, -0.2) is 0 Å². The predicted octanol–water partition coefficient (Wildman–Crippen LogP) is -4.32. The Hall–Kier alpha value is -0.540. The van der Waals surface area contributed by atoms with Crippen LogP contribution in [-0.4, -0.2) is 110 Å². The van der Waals surface area contributed by atoms with Crippen LogP contribution in [0.4, 0.5) is 0 Å². The van der Waals surface area contributed by atoms with Crippen LogP contribution in [0.3, 0.4) is 0 Å². The van der Waals surface area contributed by atoms with Crippen LogP contribution < -0.4 is 5.32 Å². The second-order valence-electron chi connectivity index (χ2n) is 6.26. The lowest BCUT2D eigenvalue weighted by Gasteiger charge is -2.46. The van der Waals surface area contributed by atoms with Gasteiger partial charge in [-0.3, -0.25) is 4.79 Å². The Labute approximate surface area is 154 Å². The highest BCUT2D eigenvalue weighted by Crippen LogP contribution is 2.30. The molecule has 0 saturated carbocycles. The second kappa shape index (κ2) is 9.10. The normalized spacial score (nSPS) is 46.8. The molecular weight excluding hydrogens is 374 g/mol. The van der Waals surface area contributed by atoms with Crippen LogP contribution in [0, 0.1) is 0 Å². The quantitative estimate of drug-likeness (QED) is 0.211. The number of carbonyl (C=O) groups excluding carboxylic acids is 1. The van der Waals surface area contributed by atoms with Crippen molar-refractivity contribution < 1.29 is 49.6 Å². The third-order valence-electron chi connectivity index (χ3n) is 4.38. The van der Waals surface area contributed by atoms with Gasteiger partial charge in [0.1, 0.15) is 48.2 Å². The summed E-state index contributed by atoms with van der Waals surface area (Å²) in [6.45, 7) is 0.0208. The molecular formula is C14H25NO10S. The number of hydrogen-bond acceptors (Lipinski definition) is 11. The van der Waals surface area contributed by atoms with Gasteiger partial charge in [0.15, 0.2) is 6.29 Å². The van der Waals surface area contributed by atoms with Gasteiger partial charge in [-0.15, -0.1) is 12.6 Å². The number of amides is 1. The van der Waals surface area contributed by atoms with Gasteiger partial charge in [0.05, 0.1) is 19.3 Å². The number of thiol groups is 1. The third kappa shape index (κ3) is 4.47. The zero-order valence-electron chi connectivity index (χ0n) is 14.0. The average molecular weight is 399 g/mol. The van der Waals surface area contributed by atoms with Gasteiger partial charge < -0.3 is 50.2 Å². The second-order valence-corrected chi connectivity index (χ2v) is 6.77. The highest BCUT2D eigenvalue weighted by Gasteiger charge is 2.50. The molecule has 11 nitrogen and oxygen atoms in total. The molecule has 0 aromatic heterocycles. The Kier molecular flexibility index (Phi) is 7.62. The Morgan fingerprint density at radius 1 is 1.00 bits per heavy atom. The van der Waals surface area contributed by atoms with Crippen molar-refractivity contribution in [3.05, 3.63) is 0 Å². The number of rotatable bonds is 5. The number of ether oxygens (including phenoxy) is 3. The van der Waals surface area contributed by atoms with Crippen LogP contribution in [-0.2, 0) is 19.0 Å². The molecule has 0 bridgehead atoms. The summed E-state index contributed by atoms with van der Waals surface area (Å²) in [4.78, 5) is 11.3. The van der Waals surface area contributed by atoms with Gasteiger partial charge in [-0.05, 0) is 0 Å². The molecule has 7 N–H and O–H groups in total. The summed E-state index contributed by atoms with van der Waals surface area (Å²) in [5.41, 5.74) is -0.930. The predicted molar refractivity (Wildman–Crippen MR) is 87.0 cm³/mol. The summed E-state index contributed by atoms with van der Waals surface area (Å²) in [6.07, 6.45) is -11.4. The maximum atomic E-state index is 11.3. The lowest BCUT2D eigenvalue weighted by atomic mass is 9.96. The van der Waals surface area contributed by atoms with Crippen molar-refractivity contribution in [1.82, 2.24) is 5.32 Å². The molecule has 1 amide bonds. The number of aliphatic hydroxyl groups is 6. The van der Waals surface area contributed by atoms with E-state index in [4.69, 9.17) is 14.2 Å². The Bertz CT molecular complexity index is 483. The smallest absolute Gasteiger partial charge is 0.217 e. The first-order valence-electron chi connectivity index (χ1n) is 8.06. The number of hydrogen-bond donors (Lipinski definition) is 8. The van der Waals surface area contributed by atoms with Gasteiger partial charge in [0.25, 0.3) is 0 Å². The van der Waals surface area contributed by atoms with Crippen LogP contribution in [0.2, 0.25) is 0 Å². The number of aliphatic hydroxyl groups excluding tert-OH is 6. The van der Waals surface area contributed by atoms with E-state index in [-0.39, 0.29) is 0 Å². The molecule has 10 atom stereocenters. The summed E-state index contributed by atoms with van der Waals surface area (Å²) in [6, 6.07) is -0.978. The van der Waals surface area contributed by atoms with Crippen molar-refractivity contribution in [3.8, 4) is 0 Å². The number of carbonyl (C=O) groups is 1. The first kappa shape index (κ1) is 21.8. The first-order chi connectivity index (χ1) is 12.2. The molecule has 2 fully saturated rings. The van der Waals surface area contributed by atoms with E-state index in [0.29, 0.717) is 0 Å². The van der Waals surface area contributed by atoms with E-state index in [9.17, 15) is 35.4 Å². The van der Waals surface area contributed by atoms with Crippen molar-refractivity contribution >= 4 is 18.5 Å². The van der Waals surface area contributed by atoms with Crippen LogP contribution >= 0.6 is 12.6 Å². The molecule has 0 aromatic carbocycles. The van der Waals surface area contributed by atoms with E-state index in [1.165, 1.54) is 6.92 Å². The van der Waals surface area contributed by atoms with E-state index < -0.39 is 79.6 Å². The fourth-order valence-corrected chi connectivity index (χ4v) is 3.38. The molecule has 8 unspecified atom stereocenters. The van der Waals surface area contributed by atoms with E-state index in [2.05, 4.69) is 17.9 Å². The zero-order valence-corrected chi connectivity index (χ0v) is 14.8. The van der Waals surface area contributed by atoms with Crippen molar-refractivity contribution in [1.29, 1.82) is 0 Å². The molecule has 0 radical (unpaired) electrons. The molecule has 2 rings (SSSR count). The molecule has 0 spiro atoms. The molecule has 2 aliphatic heterocycles. The summed E-state index contributed by atoms with van der Waals surface area (Å²) in [5, 5.41) is 61.3. The molecule has 2 heterocycles. The fourth-order valence-electron chi connectivity index (χ4n) is 2.98. The van der Waals surface area contributed by atoms with Gasteiger partial charge in [0.2, 0.25) is 5.91 Å². The highest BCUT2D eigenvalue weighted by atomic mass is 32.1. The Morgan fingerprint density at radius 3 is 2.15 bits per heavy atom. The summed E-state index contributed by atoms with van der Waals surface area (Å²) in [5.74, 6) is -0.453. The van der Waals surface area contributed by atoms with Gasteiger partial charge in [-0.1, -0.05) is 0 Å². The summed E-state index contributed by atoms with van der Waals surface area (Å²) >= 11 is 4.13. The van der Waals surface area contributed by atoms with Crippen LogP contribution in [0.25, 0.3) is 0 Å². The Morgan fingerprint density at radius 2 is 1.62 bits per heavy atom. The topological polar surface area (TPSA) is 178 Å². The summed E-state index contributed by atoms with van der Waals surface area (Å²) < 4.78 is 16.2. The molecule has 12 heteroatoms. The van der Waals surface area contributed by atoms with Gasteiger partial charge >= 0.3 is 0 Å². The highest BCUT2D eigenvalue weighted by molar-refractivity contribution is 7.80. The first-order valence-corrected chi connectivity index (χ1v) is 8.58. The zero-order chi connectivity index (χ0) is 19.6. The van der Waals surface area contributed by atoms with E-state index >= 15 is 0 Å². The van der Waals surface area contributed by atoms with E-state index in [0.717, 1.165) is 0 Å². The fraction of sp³-hybridized carbons (Fsp3) is 0.929. The SMILES string of the molecule is CC(=O)NC1C(S)OC(CO)[C@@H](OC2OC(CO)[C@H](O)C(O)C2O)C1O. The Balaban J connectivity index is 2.16. The van der Waals surface area contributed by atoms with Gasteiger partial charge in [-0.2, -0.15) is 0 Å². The van der Waals surface area contributed by atoms with Crippen molar-refractivity contribution in [2.45, 2.75) is 67.4 Å². The minimum atomic E-state index is -1.69. The lowest BCUT2D eigenvalue weighted by Crippen LogP contribution is -2.66. The minimum Gasteiger partial charge on any atom is -0.394 e. The largest absolute Gasteiger partial charge is 0.394 e. The lowest BCUT2D eigenvalue weighted by molar-refractivity contribution is -0.333. The third-order valence-corrected chi connectivity index (χ3v) is 4.82. The average Bonchev–Trinajstić information content (AvgIpc) is 2.60. The van der Waals surface area contributed by atoms with E-state index in [1.807, 2.05) is 0 Å². The molecule has 2 saturated heterocycles. The van der Waals surface area contributed by atoms with Crippen molar-refractivity contribution in [2.75, 3.05) is 13.2 Å². The van der Waals surface area contributed by atoms with Crippen LogP contribution in [0.1, 0.15) is 6.92 Å². The van der Waals surface area contributed by atoms with Crippen molar-refractivity contribution in [3.63, 3.8) is 0 Å². The van der Waals surface area contributed by atoms with Gasteiger partial charge in [0, 0.05) is 6.92 Å². The maximum Gasteiger partial charge on any atom is 0.217 e. The molecule has 152 valence electrons. The molecule has 26 heavy (non-hydrogen) atoms.